The molecule has 1 atom stereocenters. The van der Waals surface area contributed by atoms with Crippen molar-refractivity contribution in [2.24, 2.45) is 0 Å². The van der Waals surface area contributed by atoms with Gasteiger partial charge in [-0.05, 0) is 43.4 Å². The zero-order valence-corrected chi connectivity index (χ0v) is 16.5. The first kappa shape index (κ1) is 18.2. The molecule has 7 heteroatoms. The van der Waals surface area contributed by atoms with E-state index in [2.05, 4.69) is 15.3 Å². The number of fused-ring (bicyclic) bond motifs is 3. The maximum absolute atomic E-state index is 12.5. The molecule has 1 amide bonds. The van der Waals surface area contributed by atoms with Crippen molar-refractivity contribution < 1.29 is 4.79 Å². The summed E-state index contributed by atoms with van der Waals surface area (Å²) in [5.41, 5.74) is 1.97. The van der Waals surface area contributed by atoms with Gasteiger partial charge in [0.2, 0.25) is 5.91 Å². The summed E-state index contributed by atoms with van der Waals surface area (Å²) < 4.78 is 0. The van der Waals surface area contributed by atoms with Gasteiger partial charge in [0.25, 0.3) is 5.56 Å². The maximum atomic E-state index is 12.5. The monoisotopic (exact) mass is 401 g/mol. The van der Waals surface area contributed by atoms with Crippen molar-refractivity contribution in [3.8, 4) is 0 Å². The summed E-state index contributed by atoms with van der Waals surface area (Å²) in [6, 6.07) is 7.28. The molecule has 5 nitrogen and oxygen atoms in total. The van der Waals surface area contributed by atoms with E-state index in [0.29, 0.717) is 17.3 Å². The number of nitrogens with zero attached hydrogens (tertiary/aromatic N) is 1. The first-order chi connectivity index (χ1) is 13.0. The second-order valence-corrected chi connectivity index (χ2v) is 8.35. The molecule has 1 aromatic carbocycles. The van der Waals surface area contributed by atoms with Gasteiger partial charge in [0, 0.05) is 22.7 Å². The molecule has 0 saturated heterocycles. The number of carbonyl (C=O) groups is 1. The molecule has 0 fully saturated rings. The molecule has 0 spiro atoms. The van der Waals surface area contributed by atoms with Crippen molar-refractivity contribution in [2.45, 2.75) is 45.1 Å². The predicted molar refractivity (Wildman–Crippen MR) is 109 cm³/mol. The normalized spacial score (nSPS) is 14.3. The minimum Gasteiger partial charge on any atom is -0.350 e. The Hall–Kier alpha value is -2.18. The van der Waals surface area contributed by atoms with E-state index in [4.69, 9.17) is 11.6 Å². The van der Waals surface area contributed by atoms with Crippen LogP contribution >= 0.6 is 22.9 Å². The van der Waals surface area contributed by atoms with Crippen molar-refractivity contribution in [1.82, 2.24) is 15.3 Å². The zero-order chi connectivity index (χ0) is 19.0. The summed E-state index contributed by atoms with van der Waals surface area (Å²) >= 11 is 7.79. The number of aromatic amines is 1. The first-order valence-electron chi connectivity index (χ1n) is 9.10. The number of thiophene rings is 1. The number of rotatable bonds is 5. The van der Waals surface area contributed by atoms with E-state index in [9.17, 15) is 9.59 Å². The van der Waals surface area contributed by atoms with Gasteiger partial charge in [-0.3, -0.25) is 9.59 Å². The molecule has 4 rings (SSSR count). The molecule has 0 radical (unpaired) electrons. The molecule has 1 aliphatic carbocycles. The van der Waals surface area contributed by atoms with Crippen molar-refractivity contribution in [1.29, 1.82) is 0 Å². The molecule has 2 heterocycles. The molecule has 3 aromatic rings. The number of nitrogens with one attached hydrogen (secondary N) is 2. The summed E-state index contributed by atoms with van der Waals surface area (Å²) in [5.74, 6) is 0.465. The Morgan fingerprint density at radius 1 is 1.37 bits per heavy atom. The van der Waals surface area contributed by atoms with Crippen LogP contribution in [0.2, 0.25) is 5.02 Å². The predicted octanol–water partition coefficient (Wildman–Crippen LogP) is 3.94. The Labute approximate surface area is 165 Å². The number of hydrogen-bond donors (Lipinski definition) is 2. The summed E-state index contributed by atoms with van der Waals surface area (Å²) in [5, 5.41) is 4.33. The van der Waals surface area contributed by atoms with E-state index in [0.717, 1.165) is 35.0 Å². The average Bonchev–Trinajstić information content (AvgIpc) is 3.20. The van der Waals surface area contributed by atoms with E-state index in [-0.39, 0.29) is 23.9 Å². The molecular weight excluding hydrogens is 382 g/mol. The van der Waals surface area contributed by atoms with Crippen LogP contribution in [0.5, 0.6) is 0 Å². The van der Waals surface area contributed by atoms with Crippen LogP contribution in [0.3, 0.4) is 0 Å². The van der Waals surface area contributed by atoms with E-state index in [1.165, 1.54) is 10.4 Å². The maximum Gasteiger partial charge on any atom is 0.259 e. The number of benzene rings is 1. The largest absolute Gasteiger partial charge is 0.350 e. The Morgan fingerprint density at radius 2 is 2.19 bits per heavy atom. The molecule has 0 saturated carbocycles. The number of carbonyl (C=O) groups excluding carboxylic acids is 1. The smallest absolute Gasteiger partial charge is 0.259 e. The van der Waals surface area contributed by atoms with Crippen LogP contribution in [0.4, 0.5) is 0 Å². The lowest BCUT2D eigenvalue weighted by Crippen LogP contribution is -2.27. The number of H-pyrrole nitrogens is 1. The van der Waals surface area contributed by atoms with Crippen LogP contribution in [-0.2, 0) is 24.1 Å². The summed E-state index contributed by atoms with van der Waals surface area (Å²) in [6.45, 7) is 1.90. The fourth-order valence-corrected chi connectivity index (χ4v) is 5.20. The van der Waals surface area contributed by atoms with Crippen molar-refractivity contribution >= 4 is 39.1 Å². The third-order valence-corrected chi connectivity index (χ3v) is 6.49. The lowest BCUT2D eigenvalue weighted by molar-refractivity contribution is -0.121. The SMILES string of the molecule is CC(NC(=O)CCc1nc2sc3c(c2c(=O)[nH]1)CCC3)c1ccccc1Cl. The topological polar surface area (TPSA) is 74.8 Å². The molecule has 1 unspecified atom stereocenters. The Balaban J connectivity index is 1.43. The number of halogens is 1. The van der Waals surface area contributed by atoms with E-state index < -0.39 is 0 Å². The highest BCUT2D eigenvalue weighted by Gasteiger charge is 2.21. The van der Waals surface area contributed by atoms with Gasteiger partial charge in [-0.15, -0.1) is 11.3 Å². The van der Waals surface area contributed by atoms with Crippen molar-refractivity contribution in [3.63, 3.8) is 0 Å². The summed E-state index contributed by atoms with van der Waals surface area (Å²) in [7, 11) is 0. The van der Waals surface area contributed by atoms with Gasteiger partial charge < -0.3 is 10.3 Å². The molecule has 2 aromatic heterocycles. The van der Waals surface area contributed by atoms with Gasteiger partial charge in [0.15, 0.2) is 0 Å². The van der Waals surface area contributed by atoms with Gasteiger partial charge in [0.05, 0.1) is 11.4 Å². The lowest BCUT2D eigenvalue weighted by Gasteiger charge is -2.15. The van der Waals surface area contributed by atoms with E-state index in [1.807, 2.05) is 31.2 Å². The molecule has 0 bridgehead atoms. The summed E-state index contributed by atoms with van der Waals surface area (Å²) in [4.78, 5) is 34.3. The fourth-order valence-electron chi connectivity index (χ4n) is 3.61. The van der Waals surface area contributed by atoms with Crippen molar-refractivity contribution in [3.05, 3.63) is 61.5 Å². The highest BCUT2D eigenvalue weighted by molar-refractivity contribution is 7.18. The standard InChI is InChI=1S/C20H20ClN3O2S/c1-11(12-5-2-3-7-14(12)21)22-17(25)10-9-16-23-19(26)18-13-6-4-8-15(13)27-20(18)24-16/h2-3,5,7,11H,4,6,8-10H2,1H3,(H,22,25)(H,23,24,26). The second kappa shape index (κ2) is 7.44. The Bertz CT molecular complexity index is 1070. The molecule has 2 N–H and O–H groups in total. The molecule has 27 heavy (non-hydrogen) atoms. The average molecular weight is 402 g/mol. The highest BCUT2D eigenvalue weighted by atomic mass is 35.5. The third kappa shape index (κ3) is 3.64. The minimum atomic E-state index is -0.180. The van der Waals surface area contributed by atoms with Crippen LogP contribution in [0.25, 0.3) is 10.2 Å². The third-order valence-electron chi connectivity index (χ3n) is 4.96. The summed E-state index contributed by atoms with van der Waals surface area (Å²) in [6.07, 6.45) is 3.76. The van der Waals surface area contributed by atoms with Gasteiger partial charge in [-0.1, -0.05) is 29.8 Å². The highest BCUT2D eigenvalue weighted by Crippen LogP contribution is 2.34. The minimum absolute atomic E-state index is 0.0840. The quantitative estimate of drug-likeness (QED) is 0.680. The Kier molecular flexibility index (Phi) is 5.02. The molecule has 1 aliphatic rings. The molecular formula is C20H20ClN3O2S. The van der Waals surface area contributed by atoms with Crippen LogP contribution in [-0.4, -0.2) is 15.9 Å². The number of aryl methyl sites for hydroxylation is 3. The number of amides is 1. The number of hydrogen-bond acceptors (Lipinski definition) is 4. The van der Waals surface area contributed by atoms with Crippen molar-refractivity contribution in [2.75, 3.05) is 0 Å². The van der Waals surface area contributed by atoms with Crippen LogP contribution in [0.15, 0.2) is 29.1 Å². The zero-order valence-electron chi connectivity index (χ0n) is 15.0. The Morgan fingerprint density at radius 3 is 3.00 bits per heavy atom. The molecule has 0 aliphatic heterocycles. The van der Waals surface area contributed by atoms with Crippen LogP contribution in [0, 0.1) is 0 Å². The first-order valence-corrected chi connectivity index (χ1v) is 10.3. The van der Waals surface area contributed by atoms with Crippen LogP contribution < -0.4 is 10.9 Å². The van der Waals surface area contributed by atoms with E-state index >= 15 is 0 Å². The molecule has 140 valence electrons. The van der Waals surface area contributed by atoms with Gasteiger partial charge in [-0.25, -0.2) is 4.98 Å². The van der Waals surface area contributed by atoms with Crippen LogP contribution in [0.1, 0.15) is 47.6 Å². The van der Waals surface area contributed by atoms with E-state index in [1.54, 1.807) is 11.3 Å². The van der Waals surface area contributed by atoms with Gasteiger partial charge in [0.1, 0.15) is 10.7 Å². The van der Waals surface area contributed by atoms with Gasteiger partial charge in [-0.2, -0.15) is 0 Å². The van der Waals surface area contributed by atoms with Gasteiger partial charge >= 0.3 is 0 Å². The fraction of sp³-hybridized carbons (Fsp3) is 0.350. The number of aromatic nitrogens is 2. The second-order valence-electron chi connectivity index (χ2n) is 6.86. The lowest BCUT2D eigenvalue weighted by atomic mass is 10.1.